The quantitative estimate of drug-likeness (QED) is 0.510. The molecule has 1 rings (SSSR count). The highest BCUT2D eigenvalue weighted by molar-refractivity contribution is 5.87. The van der Waals surface area contributed by atoms with Gasteiger partial charge in [-0.15, -0.1) is 5.73 Å². The molecule has 0 heterocycles. The summed E-state index contributed by atoms with van der Waals surface area (Å²) in [5.74, 6) is 0.241. The van der Waals surface area contributed by atoms with Crippen LogP contribution in [-0.2, 0) is 9.53 Å². The van der Waals surface area contributed by atoms with Crippen LogP contribution < -0.4 is 4.74 Å². The van der Waals surface area contributed by atoms with Gasteiger partial charge in [0.1, 0.15) is 11.9 Å². The van der Waals surface area contributed by atoms with Gasteiger partial charge in [-0.1, -0.05) is 12.1 Å². The highest BCUT2D eigenvalue weighted by atomic mass is 16.5. The van der Waals surface area contributed by atoms with Crippen LogP contribution in [0.5, 0.6) is 5.75 Å². The van der Waals surface area contributed by atoms with Crippen molar-refractivity contribution in [3.63, 3.8) is 0 Å². The number of esters is 1. The summed E-state index contributed by atoms with van der Waals surface area (Å²) in [6.07, 6.45) is -0.838. The normalized spacial score (nSPS) is 11.2. The number of benzene rings is 1. The molecule has 0 saturated heterocycles. The van der Waals surface area contributed by atoms with Gasteiger partial charge in [-0.25, -0.2) is 4.79 Å². The van der Waals surface area contributed by atoms with Gasteiger partial charge in [-0.2, -0.15) is 0 Å². The van der Waals surface area contributed by atoms with Crippen molar-refractivity contribution < 1.29 is 19.4 Å². The van der Waals surface area contributed by atoms with E-state index in [2.05, 4.69) is 5.73 Å². The minimum Gasteiger partial charge on any atom is -0.497 e. The Labute approximate surface area is 119 Å². The molecule has 1 aromatic rings. The van der Waals surface area contributed by atoms with Gasteiger partial charge in [0, 0.05) is 5.57 Å². The second-order valence-corrected chi connectivity index (χ2v) is 4.33. The van der Waals surface area contributed by atoms with E-state index in [0.717, 1.165) is 0 Å². The van der Waals surface area contributed by atoms with Crippen LogP contribution in [0.2, 0.25) is 0 Å². The molecule has 4 nitrogen and oxygen atoms in total. The van der Waals surface area contributed by atoms with Gasteiger partial charge >= 0.3 is 5.97 Å². The topological polar surface area (TPSA) is 55.8 Å². The molecule has 0 radical (unpaired) electrons. The highest BCUT2D eigenvalue weighted by Gasteiger charge is 2.11. The molecule has 108 valence electrons. The molecule has 4 heteroatoms. The SMILES string of the molecule is CCOC(=O)C(C)=C=C(C)[C@@H](O)c1cccc(OC)c1. The van der Waals surface area contributed by atoms with Crippen molar-refractivity contribution in [3.05, 3.63) is 46.7 Å². The summed E-state index contributed by atoms with van der Waals surface area (Å²) < 4.78 is 9.99. The first-order valence-corrected chi connectivity index (χ1v) is 6.42. The van der Waals surface area contributed by atoms with Crippen LogP contribution in [0.15, 0.2) is 41.1 Å². The average molecular weight is 276 g/mol. The molecule has 0 spiro atoms. The number of aliphatic hydroxyl groups excluding tert-OH is 1. The predicted octanol–water partition coefficient (Wildman–Crippen LogP) is 2.78. The Bertz CT molecular complexity index is 539. The number of ether oxygens (including phenoxy) is 2. The summed E-state index contributed by atoms with van der Waals surface area (Å²) in [6, 6.07) is 7.13. The van der Waals surface area contributed by atoms with Crippen molar-refractivity contribution in [1.29, 1.82) is 0 Å². The minimum atomic E-state index is -0.838. The summed E-state index contributed by atoms with van der Waals surface area (Å²) in [4.78, 5) is 11.5. The molecule has 1 aromatic carbocycles. The number of rotatable bonds is 5. The van der Waals surface area contributed by atoms with Gasteiger partial charge < -0.3 is 14.6 Å². The predicted molar refractivity (Wildman–Crippen MR) is 76.5 cm³/mol. The monoisotopic (exact) mass is 276 g/mol. The lowest BCUT2D eigenvalue weighted by molar-refractivity contribution is -0.138. The number of carbonyl (C=O) groups excluding carboxylic acids is 1. The van der Waals surface area contributed by atoms with Gasteiger partial charge in [0.25, 0.3) is 0 Å². The van der Waals surface area contributed by atoms with Crippen molar-refractivity contribution in [2.45, 2.75) is 26.9 Å². The first-order valence-electron chi connectivity index (χ1n) is 6.42. The number of hydrogen-bond acceptors (Lipinski definition) is 4. The number of aliphatic hydroxyl groups is 1. The summed E-state index contributed by atoms with van der Waals surface area (Å²) in [5, 5.41) is 10.2. The third kappa shape index (κ3) is 4.26. The van der Waals surface area contributed by atoms with Gasteiger partial charge in [0.2, 0.25) is 0 Å². The molecule has 0 amide bonds. The molecule has 0 bridgehead atoms. The largest absolute Gasteiger partial charge is 0.497 e. The van der Waals surface area contributed by atoms with Gasteiger partial charge in [0.15, 0.2) is 0 Å². The lowest BCUT2D eigenvalue weighted by atomic mass is 10.0. The van der Waals surface area contributed by atoms with Crippen LogP contribution in [-0.4, -0.2) is 24.8 Å². The first-order chi connectivity index (χ1) is 9.49. The fourth-order valence-electron chi connectivity index (χ4n) is 1.72. The van der Waals surface area contributed by atoms with E-state index in [0.29, 0.717) is 29.1 Å². The maximum atomic E-state index is 11.5. The van der Waals surface area contributed by atoms with E-state index >= 15 is 0 Å². The van der Waals surface area contributed by atoms with E-state index in [1.807, 2.05) is 0 Å². The number of carbonyl (C=O) groups is 1. The summed E-state index contributed by atoms with van der Waals surface area (Å²) in [5.41, 5.74) is 4.44. The van der Waals surface area contributed by atoms with Crippen molar-refractivity contribution >= 4 is 5.97 Å². The molecule has 20 heavy (non-hydrogen) atoms. The van der Waals surface area contributed by atoms with Gasteiger partial charge in [-0.3, -0.25) is 0 Å². The smallest absolute Gasteiger partial charge is 0.341 e. The molecule has 0 aliphatic carbocycles. The van der Waals surface area contributed by atoms with Gasteiger partial charge in [-0.05, 0) is 38.5 Å². The zero-order chi connectivity index (χ0) is 15.1. The molecule has 0 unspecified atom stereocenters. The third-order valence-corrected chi connectivity index (χ3v) is 2.79. The van der Waals surface area contributed by atoms with Gasteiger partial charge in [0.05, 0.1) is 19.3 Å². The summed E-state index contributed by atoms with van der Waals surface area (Å²) in [6.45, 7) is 5.38. The van der Waals surface area contributed by atoms with E-state index < -0.39 is 12.1 Å². The molecule has 1 atom stereocenters. The first kappa shape index (κ1) is 16.0. The van der Waals surface area contributed by atoms with E-state index in [1.54, 1.807) is 52.1 Å². The van der Waals surface area contributed by atoms with Crippen LogP contribution >= 0.6 is 0 Å². The fourth-order valence-corrected chi connectivity index (χ4v) is 1.72. The fraction of sp³-hybridized carbons (Fsp3) is 0.375. The van der Waals surface area contributed by atoms with E-state index in [4.69, 9.17) is 9.47 Å². The zero-order valence-corrected chi connectivity index (χ0v) is 12.3. The Kier molecular flexibility index (Phi) is 6.04. The van der Waals surface area contributed by atoms with Crippen LogP contribution in [0.4, 0.5) is 0 Å². The van der Waals surface area contributed by atoms with Crippen molar-refractivity contribution in [2.24, 2.45) is 0 Å². The average Bonchev–Trinajstić information content (AvgIpc) is 2.46. The van der Waals surface area contributed by atoms with Crippen LogP contribution in [0, 0.1) is 0 Å². The molecular weight excluding hydrogens is 256 g/mol. The van der Waals surface area contributed by atoms with Crippen molar-refractivity contribution in [2.75, 3.05) is 13.7 Å². The highest BCUT2D eigenvalue weighted by Crippen LogP contribution is 2.24. The second-order valence-electron chi connectivity index (χ2n) is 4.33. The number of hydrogen-bond donors (Lipinski definition) is 1. The summed E-state index contributed by atoms with van der Waals surface area (Å²) >= 11 is 0. The minimum absolute atomic E-state index is 0.315. The Morgan fingerprint density at radius 2 is 2.10 bits per heavy atom. The lowest BCUT2D eigenvalue weighted by Gasteiger charge is -2.11. The third-order valence-electron chi connectivity index (χ3n) is 2.79. The van der Waals surface area contributed by atoms with Crippen molar-refractivity contribution in [1.82, 2.24) is 0 Å². The maximum absolute atomic E-state index is 11.5. The number of methoxy groups -OCH3 is 1. The standard InChI is InChI=1S/C16H20O4/c1-5-20-16(18)12(3)9-11(2)15(17)13-7-6-8-14(10-13)19-4/h6-8,10,15,17H,5H2,1-4H3/t9?,15-/m1/s1. The Morgan fingerprint density at radius 1 is 1.40 bits per heavy atom. The summed E-state index contributed by atoms with van der Waals surface area (Å²) in [7, 11) is 1.57. The van der Waals surface area contributed by atoms with Crippen LogP contribution in [0.3, 0.4) is 0 Å². The van der Waals surface area contributed by atoms with E-state index in [1.165, 1.54) is 0 Å². The molecule has 0 aromatic heterocycles. The Balaban J connectivity index is 3.03. The Morgan fingerprint density at radius 3 is 2.70 bits per heavy atom. The van der Waals surface area contributed by atoms with Crippen molar-refractivity contribution in [3.8, 4) is 5.75 Å². The zero-order valence-electron chi connectivity index (χ0n) is 12.3. The molecule has 1 N–H and O–H groups in total. The molecule has 0 fully saturated rings. The van der Waals surface area contributed by atoms with E-state index in [9.17, 15) is 9.90 Å². The van der Waals surface area contributed by atoms with E-state index in [-0.39, 0.29) is 0 Å². The molecular formula is C16H20O4. The molecule has 0 aliphatic rings. The lowest BCUT2D eigenvalue weighted by Crippen LogP contribution is -2.05. The second kappa shape index (κ2) is 7.53. The molecule has 0 saturated carbocycles. The maximum Gasteiger partial charge on any atom is 0.341 e. The van der Waals surface area contributed by atoms with Crippen LogP contribution in [0.1, 0.15) is 32.4 Å². The molecule has 0 aliphatic heterocycles. The van der Waals surface area contributed by atoms with Crippen LogP contribution in [0.25, 0.3) is 0 Å². The Hall–Kier alpha value is -2.03.